The number of hydrogen-bond donors (Lipinski definition) is 1. The first-order valence-corrected chi connectivity index (χ1v) is 10.0. The van der Waals surface area contributed by atoms with Crippen molar-refractivity contribution in [1.82, 2.24) is 5.43 Å². The van der Waals surface area contributed by atoms with Gasteiger partial charge in [-0.2, -0.15) is 5.10 Å². The van der Waals surface area contributed by atoms with Crippen LogP contribution in [0.5, 0.6) is 11.5 Å². The molecular formula is C23H22Cl2N2O2. The second-order valence-corrected chi connectivity index (χ2v) is 7.08. The number of rotatable bonds is 9. The van der Waals surface area contributed by atoms with Gasteiger partial charge < -0.3 is 14.9 Å². The number of nitrogens with one attached hydrogen (secondary N) is 1. The quantitative estimate of drug-likeness (QED) is 0.330. The summed E-state index contributed by atoms with van der Waals surface area (Å²) in [6, 6.07) is 21.0. The molecule has 0 aliphatic rings. The molecule has 150 valence electrons. The Balaban J connectivity index is 1.62. The summed E-state index contributed by atoms with van der Waals surface area (Å²) >= 11 is 12.1. The normalized spacial score (nSPS) is 10.9. The molecule has 3 aromatic rings. The van der Waals surface area contributed by atoms with Crippen molar-refractivity contribution in [2.24, 2.45) is 5.10 Å². The van der Waals surface area contributed by atoms with Crippen molar-refractivity contribution in [1.29, 1.82) is 0 Å². The topological polar surface area (TPSA) is 42.8 Å². The minimum Gasteiger partial charge on any atom is -0.490 e. The van der Waals surface area contributed by atoms with Crippen LogP contribution in [-0.4, -0.2) is 12.8 Å². The van der Waals surface area contributed by atoms with Crippen LogP contribution in [0, 0.1) is 0 Å². The predicted octanol–water partition coefficient (Wildman–Crippen LogP) is 6.09. The predicted molar refractivity (Wildman–Crippen MR) is 119 cm³/mol. The van der Waals surface area contributed by atoms with Crippen molar-refractivity contribution in [3.05, 3.63) is 93.5 Å². The summed E-state index contributed by atoms with van der Waals surface area (Å²) in [7, 11) is 0. The zero-order valence-corrected chi connectivity index (χ0v) is 17.6. The molecule has 1 N–H and O–H groups in total. The molecule has 0 aliphatic carbocycles. The molecule has 29 heavy (non-hydrogen) atoms. The lowest BCUT2D eigenvalue weighted by molar-refractivity contribution is 0.269. The average Bonchev–Trinajstić information content (AvgIpc) is 2.73. The van der Waals surface area contributed by atoms with Crippen molar-refractivity contribution in [2.75, 3.05) is 6.61 Å². The minimum atomic E-state index is 0.435. The van der Waals surface area contributed by atoms with E-state index >= 15 is 0 Å². The third-order valence-electron chi connectivity index (χ3n) is 4.11. The van der Waals surface area contributed by atoms with Crippen LogP contribution in [0.3, 0.4) is 0 Å². The molecule has 4 nitrogen and oxygen atoms in total. The van der Waals surface area contributed by atoms with Crippen LogP contribution in [0.1, 0.15) is 23.6 Å². The summed E-state index contributed by atoms with van der Waals surface area (Å²) in [6.45, 7) is 3.47. The first kappa shape index (κ1) is 21.0. The van der Waals surface area contributed by atoms with E-state index in [1.165, 1.54) is 0 Å². The summed E-state index contributed by atoms with van der Waals surface area (Å²) in [6.07, 6.45) is 1.74. The molecular weight excluding hydrogens is 407 g/mol. The molecule has 0 spiro atoms. The number of nitrogens with zero attached hydrogens (tertiary/aromatic N) is 1. The van der Waals surface area contributed by atoms with Crippen molar-refractivity contribution in [3.63, 3.8) is 0 Å². The number of benzene rings is 3. The van der Waals surface area contributed by atoms with Crippen molar-refractivity contribution < 1.29 is 9.47 Å². The summed E-state index contributed by atoms with van der Waals surface area (Å²) in [5.74, 6) is 1.36. The first-order chi connectivity index (χ1) is 14.2. The Kier molecular flexibility index (Phi) is 7.79. The maximum atomic E-state index is 6.15. The number of ether oxygens (including phenoxy) is 2. The van der Waals surface area contributed by atoms with E-state index in [0.29, 0.717) is 36.3 Å². The molecule has 0 aliphatic heterocycles. The van der Waals surface area contributed by atoms with Gasteiger partial charge in [-0.25, -0.2) is 0 Å². The van der Waals surface area contributed by atoms with Crippen LogP contribution in [0.2, 0.25) is 10.0 Å². The van der Waals surface area contributed by atoms with Crippen LogP contribution in [0.25, 0.3) is 0 Å². The van der Waals surface area contributed by atoms with E-state index in [1.54, 1.807) is 6.21 Å². The van der Waals surface area contributed by atoms with Gasteiger partial charge in [0, 0.05) is 10.0 Å². The van der Waals surface area contributed by atoms with Crippen molar-refractivity contribution in [2.45, 2.75) is 20.1 Å². The fourth-order valence-corrected chi connectivity index (χ4v) is 2.96. The molecule has 0 saturated heterocycles. The van der Waals surface area contributed by atoms with Crippen LogP contribution in [-0.2, 0) is 13.2 Å². The monoisotopic (exact) mass is 428 g/mol. The Morgan fingerprint density at radius 3 is 2.48 bits per heavy atom. The molecule has 3 rings (SSSR count). The molecule has 0 fully saturated rings. The van der Waals surface area contributed by atoms with Crippen molar-refractivity contribution in [3.8, 4) is 11.5 Å². The minimum absolute atomic E-state index is 0.435. The molecule has 0 aromatic heterocycles. The first-order valence-electron chi connectivity index (χ1n) is 9.29. The van der Waals surface area contributed by atoms with Crippen LogP contribution >= 0.6 is 23.2 Å². The Bertz CT molecular complexity index is 959. The van der Waals surface area contributed by atoms with Gasteiger partial charge in [-0.1, -0.05) is 53.5 Å². The lowest BCUT2D eigenvalue weighted by atomic mass is 10.2. The van der Waals surface area contributed by atoms with E-state index in [0.717, 1.165) is 21.7 Å². The largest absolute Gasteiger partial charge is 0.490 e. The number of hydrogen-bond acceptors (Lipinski definition) is 4. The third-order valence-corrected chi connectivity index (χ3v) is 4.73. The van der Waals surface area contributed by atoms with Crippen LogP contribution < -0.4 is 14.9 Å². The molecule has 0 heterocycles. The number of hydrazone groups is 1. The van der Waals surface area contributed by atoms with Crippen molar-refractivity contribution >= 4 is 29.4 Å². The highest BCUT2D eigenvalue weighted by Gasteiger charge is 2.07. The van der Waals surface area contributed by atoms with Gasteiger partial charge in [-0.15, -0.1) is 0 Å². The maximum Gasteiger partial charge on any atom is 0.161 e. The molecule has 6 heteroatoms. The maximum absolute atomic E-state index is 6.15. The van der Waals surface area contributed by atoms with E-state index in [4.69, 9.17) is 32.7 Å². The van der Waals surface area contributed by atoms with Crippen LogP contribution in [0.4, 0.5) is 0 Å². The van der Waals surface area contributed by atoms with Gasteiger partial charge in [0.2, 0.25) is 0 Å². The van der Waals surface area contributed by atoms with Gasteiger partial charge in [0.1, 0.15) is 6.61 Å². The number of halogens is 2. The van der Waals surface area contributed by atoms with Gasteiger partial charge in [-0.3, -0.25) is 0 Å². The molecule has 0 radical (unpaired) electrons. The molecule has 0 unspecified atom stereocenters. The summed E-state index contributed by atoms with van der Waals surface area (Å²) in [5.41, 5.74) is 5.94. The molecule has 3 aromatic carbocycles. The lowest BCUT2D eigenvalue weighted by Crippen LogP contribution is -2.06. The zero-order valence-electron chi connectivity index (χ0n) is 16.1. The Labute approximate surface area is 181 Å². The zero-order chi connectivity index (χ0) is 20.5. The SMILES string of the molecule is CCOc1cc(/C=N\NCc2ccccc2Cl)ccc1OCc1ccc(Cl)cc1. The Morgan fingerprint density at radius 1 is 0.931 bits per heavy atom. The fourth-order valence-electron chi connectivity index (χ4n) is 2.63. The van der Waals surface area contributed by atoms with Crippen LogP contribution in [0.15, 0.2) is 71.8 Å². The van der Waals surface area contributed by atoms with Gasteiger partial charge in [0.05, 0.1) is 19.4 Å². The molecule has 0 amide bonds. The third kappa shape index (κ3) is 6.41. The average molecular weight is 429 g/mol. The summed E-state index contributed by atoms with van der Waals surface area (Å²) < 4.78 is 11.7. The standard InChI is InChI=1S/C23H22Cl2N2O2/c1-2-28-23-13-18(14-26-27-15-19-5-3-4-6-21(19)25)9-12-22(23)29-16-17-7-10-20(24)11-8-17/h3-14,27H,2,15-16H2,1H3/b26-14-. The Morgan fingerprint density at radius 2 is 1.72 bits per heavy atom. The molecule has 0 saturated carbocycles. The second-order valence-electron chi connectivity index (χ2n) is 6.24. The van der Waals surface area contributed by atoms with E-state index < -0.39 is 0 Å². The smallest absolute Gasteiger partial charge is 0.161 e. The van der Waals surface area contributed by atoms with E-state index in [2.05, 4.69) is 10.5 Å². The highest BCUT2D eigenvalue weighted by molar-refractivity contribution is 6.31. The highest BCUT2D eigenvalue weighted by Crippen LogP contribution is 2.29. The lowest BCUT2D eigenvalue weighted by Gasteiger charge is -2.12. The molecule has 0 atom stereocenters. The highest BCUT2D eigenvalue weighted by atomic mass is 35.5. The Hall–Kier alpha value is -2.69. The molecule has 0 bridgehead atoms. The van der Waals surface area contributed by atoms with Gasteiger partial charge in [0.15, 0.2) is 11.5 Å². The van der Waals surface area contributed by atoms with E-state index in [-0.39, 0.29) is 0 Å². The van der Waals surface area contributed by atoms with E-state index in [1.807, 2.05) is 73.7 Å². The summed E-state index contributed by atoms with van der Waals surface area (Å²) in [4.78, 5) is 0. The van der Waals surface area contributed by atoms with E-state index in [9.17, 15) is 0 Å². The van der Waals surface area contributed by atoms with Gasteiger partial charge in [-0.05, 0) is 60.0 Å². The van der Waals surface area contributed by atoms with Gasteiger partial charge in [0.25, 0.3) is 0 Å². The second kappa shape index (κ2) is 10.7. The fraction of sp³-hybridized carbons (Fsp3) is 0.174. The summed E-state index contributed by atoms with van der Waals surface area (Å²) in [5, 5.41) is 5.69. The van der Waals surface area contributed by atoms with Gasteiger partial charge >= 0.3 is 0 Å².